The minimum absolute atomic E-state index is 0.00603. The molecule has 0 aliphatic carbocycles. The average Bonchev–Trinajstić information content (AvgIpc) is 3.14. The smallest absolute Gasteiger partial charge is 0.306 e. The summed E-state index contributed by atoms with van der Waals surface area (Å²) in [5.41, 5.74) is 0. The Balaban J connectivity index is 4.53. The molecule has 0 amide bonds. The largest absolute Gasteiger partial charge is 0.544 e. The fourth-order valence-corrected chi connectivity index (χ4v) is 5.35. The molecule has 0 radical (unpaired) electrons. The van der Waals surface area contributed by atoms with Gasteiger partial charge in [-0.25, -0.2) is 0 Å². The summed E-state index contributed by atoms with van der Waals surface area (Å²) < 4.78 is 17.0. The predicted octanol–water partition coefficient (Wildman–Crippen LogP) is 9.79. The lowest BCUT2D eigenvalue weighted by Crippen LogP contribution is -2.55. The third-order valence-corrected chi connectivity index (χ3v) is 8.54. The Hall–Kier alpha value is -3.75. The minimum atomic E-state index is -1.14. The van der Waals surface area contributed by atoms with Crippen LogP contribution in [0.2, 0.25) is 0 Å². The number of carboxylic acids is 1. The molecule has 0 aliphatic rings. The van der Waals surface area contributed by atoms with Crippen molar-refractivity contribution in [1.29, 1.82) is 0 Å². The molecule has 0 fully saturated rings. The van der Waals surface area contributed by atoms with Gasteiger partial charge in [-0.2, -0.15) is 0 Å². The van der Waals surface area contributed by atoms with Crippen LogP contribution in [0.1, 0.15) is 129 Å². The summed E-state index contributed by atoms with van der Waals surface area (Å²) in [6.07, 6.45) is 48.7. The van der Waals surface area contributed by atoms with E-state index in [4.69, 9.17) is 14.2 Å². The second-order valence-electron chi connectivity index (χ2n) is 14.5. The first kappa shape index (κ1) is 51.2. The number of carbonyl (C=O) groups excluding carboxylic acids is 3. The van der Waals surface area contributed by atoms with E-state index in [1.165, 1.54) is 19.3 Å². The molecular weight excluding hydrogens is 691 g/mol. The Morgan fingerprint density at radius 2 is 1.09 bits per heavy atom. The van der Waals surface area contributed by atoms with Crippen molar-refractivity contribution in [3.8, 4) is 0 Å². The molecule has 8 nitrogen and oxygen atoms in total. The summed E-state index contributed by atoms with van der Waals surface area (Å²) in [6.45, 7) is 4.29. The first-order chi connectivity index (χ1) is 26.6. The lowest BCUT2D eigenvalue weighted by atomic mass is 10.1. The highest BCUT2D eigenvalue weighted by Crippen LogP contribution is 2.12. The van der Waals surface area contributed by atoms with Gasteiger partial charge >= 0.3 is 11.9 Å². The lowest BCUT2D eigenvalue weighted by molar-refractivity contribution is -0.889. The summed E-state index contributed by atoms with van der Waals surface area (Å²) in [6, 6.07) is -0.744. The third-order valence-electron chi connectivity index (χ3n) is 8.54. The van der Waals surface area contributed by atoms with Crippen LogP contribution in [-0.2, 0) is 28.6 Å². The van der Waals surface area contributed by atoms with Crippen molar-refractivity contribution >= 4 is 17.9 Å². The Morgan fingerprint density at radius 1 is 0.564 bits per heavy atom. The maximum atomic E-state index is 12.7. The second kappa shape index (κ2) is 37.2. The monoisotopic (exact) mass is 766 g/mol. The van der Waals surface area contributed by atoms with Gasteiger partial charge in [-0.3, -0.25) is 9.59 Å². The summed E-state index contributed by atoms with van der Waals surface area (Å²) in [4.78, 5) is 36.8. The number of unbranched alkanes of at least 4 members (excludes halogenated alkanes) is 7. The molecule has 0 aromatic carbocycles. The van der Waals surface area contributed by atoms with Gasteiger partial charge < -0.3 is 28.6 Å². The normalized spacial score (nSPS) is 14.0. The molecule has 0 aromatic rings. The first-order valence-corrected chi connectivity index (χ1v) is 20.8. The van der Waals surface area contributed by atoms with Crippen LogP contribution < -0.4 is 5.11 Å². The Kier molecular flexibility index (Phi) is 34.7. The van der Waals surface area contributed by atoms with E-state index in [0.717, 1.165) is 70.6 Å². The van der Waals surface area contributed by atoms with Gasteiger partial charge in [0.25, 0.3) is 0 Å². The van der Waals surface area contributed by atoms with Gasteiger partial charge in [0, 0.05) is 19.3 Å². The average molecular weight is 766 g/mol. The van der Waals surface area contributed by atoms with Crippen LogP contribution in [0, 0.1) is 0 Å². The molecule has 8 heteroatoms. The van der Waals surface area contributed by atoms with Crippen molar-refractivity contribution in [2.45, 2.75) is 142 Å². The lowest BCUT2D eigenvalue weighted by Gasteiger charge is -2.34. The highest BCUT2D eigenvalue weighted by atomic mass is 16.6. The van der Waals surface area contributed by atoms with Crippen LogP contribution in [0.15, 0.2) is 97.2 Å². The van der Waals surface area contributed by atoms with Crippen LogP contribution >= 0.6 is 0 Å². The number of esters is 2. The highest BCUT2D eigenvalue weighted by molar-refractivity contribution is 5.70. The zero-order valence-corrected chi connectivity index (χ0v) is 35.0. The molecule has 55 heavy (non-hydrogen) atoms. The molecule has 0 heterocycles. The van der Waals surface area contributed by atoms with Gasteiger partial charge in [0.05, 0.1) is 40.3 Å². The number of ether oxygens (including phenoxy) is 3. The number of allylic oxidation sites excluding steroid dienone is 16. The third kappa shape index (κ3) is 35.7. The summed E-state index contributed by atoms with van der Waals surface area (Å²) in [5.74, 6) is -1.87. The zero-order chi connectivity index (χ0) is 40.7. The minimum Gasteiger partial charge on any atom is -0.544 e. The molecule has 310 valence electrons. The number of hydrogen-bond donors (Lipinski definition) is 0. The molecule has 0 aliphatic heterocycles. The first-order valence-electron chi connectivity index (χ1n) is 20.8. The number of likely N-dealkylation sites (N-methyl/N-ethyl adjacent to an activating group) is 1. The molecule has 0 bridgehead atoms. The molecule has 0 saturated heterocycles. The number of nitrogens with zero attached hydrogens (tertiary/aromatic N) is 1. The number of carbonyl (C=O) groups is 3. The molecule has 2 atom stereocenters. The van der Waals surface area contributed by atoms with E-state index in [0.29, 0.717) is 6.42 Å². The quantitative estimate of drug-likeness (QED) is 0.0208. The highest BCUT2D eigenvalue weighted by Gasteiger charge is 2.25. The maximum Gasteiger partial charge on any atom is 0.306 e. The standard InChI is InChI=1S/C47H75NO7/c1-6-8-10-12-14-16-18-20-22-24-25-27-29-31-33-35-37-45(49)54-42-43(41-53-40-39-44(47(51)52)48(3,4)5)55-46(50)38-36-34-32-30-28-26-23-21-19-17-15-13-11-9-7-2/h8-11,13-17,19-20,22,25,27,31,33,43-44H,6-7,12,18,21,23-24,26,28-30,32,34-42H2,1-5H3/b10-8+,11-9+,15-13+,16-14+,19-17+,22-20+,27-25+,33-31+. The molecule has 0 spiro atoms. The van der Waals surface area contributed by atoms with Gasteiger partial charge in [-0.15, -0.1) is 0 Å². The van der Waals surface area contributed by atoms with E-state index in [-0.39, 0.29) is 55.5 Å². The van der Waals surface area contributed by atoms with E-state index >= 15 is 0 Å². The zero-order valence-electron chi connectivity index (χ0n) is 35.0. The van der Waals surface area contributed by atoms with Gasteiger partial charge in [0.2, 0.25) is 0 Å². The van der Waals surface area contributed by atoms with E-state index in [1.54, 1.807) is 21.1 Å². The Bertz CT molecular complexity index is 1220. The summed E-state index contributed by atoms with van der Waals surface area (Å²) in [5, 5.41) is 11.6. The Labute approximate surface area is 335 Å². The molecule has 0 N–H and O–H groups in total. The molecular formula is C47H75NO7. The summed E-state index contributed by atoms with van der Waals surface area (Å²) >= 11 is 0. The van der Waals surface area contributed by atoms with E-state index < -0.39 is 18.1 Å². The second-order valence-corrected chi connectivity index (χ2v) is 14.5. The van der Waals surface area contributed by atoms with Crippen molar-refractivity contribution in [2.24, 2.45) is 0 Å². The van der Waals surface area contributed by atoms with Crippen LogP contribution in [0.25, 0.3) is 0 Å². The van der Waals surface area contributed by atoms with Crippen LogP contribution in [0.5, 0.6) is 0 Å². The molecule has 0 saturated carbocycles. The predicted molar refractivity (Wildman–Crippen MR) is 226 cm³/mol. The maximum absolute atomic E-state index is 12.7. The molecule has 0 rings (SSSR count). The van der Waals surface area contributed by atoms with Gasteiger partial charge in [-0.05, 0) is 64.2 Å². The van der Waals surface area contributed by atoms with Crippen LogP contribution in [-0.4, -0.2) is 75.5 Å². The molecule has 0 aromatic heterocycles. The van der Waals surface area contributed by atoms with Crippen LogP contribution in [0.4, 0.5) is 0 Å². The fraction of sp³-hybridized carbons (Fsp3) is 0.596. The topological polar surface area (TPSA) is 102 Å². The summed E-state index contributed by atoms with van der Waals surface area (Å²) in [7, 11) is 5.36. The number of hydrogen-bond acceptors (Lipinski definition) is 7. The van der Waals surface area contributed by atoms with Gasteiger partial charge in [-0.1, -0.05) is 143 Å². The van der Waals surface area contributed by atoms with Crippen molar-refractivity contribution < 1.29 is 38.2 Å². The van der Waals surface area contributed by atoms with E-state index in [2.05, 4.69) is 98.9 Å². The fourth-order valence-electron chi connectivity index (χ4n) is 5.35. The number of rotatable bonds is 35. The van der Waals surface area contributed by atoms with E-state index in [9.17, 15) is 19.5 Å². The van der Waals surface area contributed by atoms with Gasteiger partial charge in [0.1, 0.15) is 12.6 Å². The van der Waals surface area contributed by atoms with Crippen molar-refractivity contribution in [2.75, 3.05) is 41.0 Å². The van der Waals surface area contributed by atoms with Crippen LogP contribution in [0.3, 0.4) is 0 Å². The van der Waals surface area contributed by atoms with Gasteiger partial charge in [0.15, 0.2) is 6.10 Å². The Morgan fingerprint density at radius 3 is 1.65 bits per heavy atom. The number of aliphatic carboxylic acids is 1. The van der Waals surface area contributed by atoms with E-state index in [1.807, 2.05) is 12.2 Å². The SMILES string of the molecule is CC/C=C/C=C/C=C/CCCCCCCCCC(=O)OC(COCCC(C(=O)[O-])[N+](C)(C)C)COC(=O)CC/C=C/C/C=C/C/C=C/C/C=C/C/C=C/CC. The van der Waals surface area contributed by atoms with Crippen molar-refractivity contribution in [3.05, 3.63) is 97.2 Å². The number of carboxylic acid groups (broad SMARTS) is 1. The van der Waals surface area contributed by atoms with Crippen molar-refractivity contribution in [3.63, 3.8) is 0 Å². The molecule has 2 unspecified atom stereocenters. The number of quaternary nitrogens is 1. The van der Waals surface area contributed by atoms with Crippen molar-refractivity contribution in [1.82, 2.24) is 0 Å².